The molecular formula is C13H25N3O. The Kier molecular flexibility index (Phi) is 6.49. The third-order valence-electron chi connectivity index (χ3n) is 2.95. The van der Waals surface area contributed by atoms with E-state index in [0.717, 1.165) is 13.1 Å². The molecule has 1 atom stereocenters. The summed E-state index contributed by atoms with van der Waals surface area (Å²) in [5.41, 5.74) is 0. The van der Waals surface area contributed by atoms with Crippen LogP contribution in [0, 0.1) is 17.2 Å². The number of nitrogens with one attached hydrogen (secondary N) is 1. The summed E-state index contributed by atoms with van der Waals surface area (Å²) in [6.07, 6.45) is 2.67. The van der Waals surface area contributed by atoms with Crippen molar-refractivity contribution in [2.75, 3.05) is 26.2 Å². The standard InChI is InChI=1S/C13H25N3O/c1-11(2)8-15-9-13(17)10-16(7-3-6-14)12-4-5-12/h11-13,15,17H,3-5,7-10H2,1-2H3. The van der Waals surface area contributed by atoms with Crippen LogP contribution in [0.5, 0.6) is 0 Å². The van der Waals surface area contributed by atoms with Crippen molar-refractivity contribution in [3.63, 3.8) is 0 Å². The fraction of sp³-hybridized carbons (Fsp3) is 0.923. The van der Waals surface area contributed by atoms with Gasteiger partial charge in [-0.05, 0) is 25.3 Å². The van der Waals surface area contributed by atoms with Gasteiger partial charge in [0.15, 0.2) is 0 Å². The van der Waals surface area contributed by atoms with Gasteiger partial charge in [-0.2, -0.15) is 5.26 Å². The number of hydrogen-bond donors (Lipinski definition) is 2. The van der Waals surface area contributed by atoms with Crippen molar-refractivity contribution in [1.82, 2.24) is 10.2 Å². The van der Waals surface area contributed by atoms with Crippen LogP contribution in [0.3, 0.4) is 0 Å². The van der Waals surface area contributed by atoms with Crippen molar-refractivity contribution in [2.45, 2.75) is 45.3 Å². The highest BCUT2D eigenvalue weighted by Gasteiger charge is 2.29. The van der Waals surface area contributed by atoms with E-state index in [9.17, 15) is 5.11 Å². The van der Waals surface area contributed by atoms with E-state index in [-0.39, 0.29) is 6.10 Å². The highest BCUT2D eigenvalue weighted by atomic mass is 16.3. The largest absolute Gasteiger partial charge is 0.390 e. The van der Waals surface area contributed by atoms with E-state index in [1.165, 1.54) is 12.8 Å². The topological polar surface area (TPSA) is 59.3 Å². The first-order valence-electron chi connectivity index (χ1n) is 6.63. The second-order valence-corrected chi connectivity index (χ2v) is 5.34. The molecule has 4 nitrogen and oxygen atoms in total. The summed E-state index contributed by atoms with van der Waals surface area (Å²) >= 11 is 0. The van der Waals surface area contributed by atoms with Gasteiger partial charge in [-0.15, -0.1) is 0 Å². The molecule has 0 radical (unpaired) electrons. The Morgan fingerprint density at radius 1 is 1.41 bits per heavy atom. The molecule has 0 aromatic rings. The molecule has 0 saturated heterocycles. The van der Waals surface area contributed by atoms with Crippen LogP contribution in [0.1, 0.15) is 33.1 Å². The molecule has 0 amide bonds. The van der Waals surface area contributed by atoms with Crippen molar-refractivity contribution >= 4 is 0 Å². The lowest BCUT2D eigenvalue weighted by Gasteiger charge is -2.24. The zero-order chi connectivity index (χ0) is 12.7. The third-order valence-corrected chi connectivity index (χ3v) is 2.95. The van der Waals surface area contributed by atoms with Crippen LogP contribution < -0.4 is 5.32 Å². The highest BCUT2D eigenvalue weighted by molar-refractivity contribution is 4.87. The molecule has 0 bridgehead atoms. The number of aliphatic hydroxyl groups excluding tert-OH is 1. The van der Waals surface area contributed by atoms with Crippen molar-refractivity contribution in [3.05, 3.63) is 0 Å². The molecule has 1 aliphatic rings. The summed E-state index contributed by atoms with van der Waals surface area (Å²) in [5.74, 6) is 0.611. The molecule has 1 aliphatic carbocycles. The lowest BCUT2D eigenvalue weighted by molar-refractivity contribution is 0.107. The van der Waals surface area contributed by atoms with Crippen LogP contribution in [-0.4, -0.2) is 48.3 Å². The molecule has 1 fully saturated rings. The third kappa shape index (κ3) is 6.62. The molecule has 98 valence electrons. The SMILES string of the molecule is CC(C)CNCC(O)CN(CCC#N)C1CC1. The van der Waals surface area contributed by atoms with Crippen LogP contribution in [0.25, 0.3) is 0 Å². The highest BCUT2D eigenvalue weighted by Crippen LogP contribution is 2.26. The minimum absolute atomic E-state index is 0.326. The fourth-order valence-corrected chi connectivity index (χ4v) is 1.93. The number of aliphatic hydroxyl groups is 1. The van der Waals surface area contributed by atoms with E-state index in [2.05, 4.69) is 30.1 Å². The molecule has 0 aromatic heterocycles. The van der Waals surface area contributed by atoms with Crippen LogP contribution in [-0.2, 0) is 0 Å². The van der Waals surface area contributed by atoms with Crippen molar-refractivity contribution in [2.24, 2.45) is 5.92 Å². The smallest absolute Gasteiger partial charge is 0.0791 e. The molecule has 0 heterocycles. The van der Waals surface area contributed by atoms with E-state index in [0.29, 0.717) is 31.5 Å². The van der Waals surface area contributed by atoms with Gasteiger partial charge >= 0.3 is 0 Å². The predicted molar refractivity (Wildman–Crippen MR) is 68.5 cm³/mol. The minimum atomic E-state index is -0.326. The fourth-order valence-electron chi connectivity index (χ4n) is 1.93. The zero-order valence-electron chi connectivity index (χ0n) is 11.0. The molecule has 4 heteroatoms. The average molecular weight is 239 g/mol. The Hall–Kier alpha value is -0.630. The van der Waals surface area contributed by atoms with E-state index in [4.69, 9.17) is 5.26 Å². The lowest BCUT2D eigenvalue weighted by atomic mass is 10.2. The average Bonchev–Trinajstić information content (AvgIpc) is 3.07. The normalized spacial score (nSPS) is 17.4. The van der Waals surface area contributed by atoms with Gasteiger partial charge < -0.3 is 10.4 Å². The van der Waals surface area contributed by atoms with Crippen LogP contribution in [0.2, 0.25) is 0 Å². The Bertz CT molecular complexity index is 246. The first kappa shape index (κ1) is 14.4. The Labute approximate surface area is 105 Å². The van der Waals surface area contributed by atoms with Gasteiger partial charge in [-0.3, -0.25) is 4.90 Å². The minimum Gasteiger partial charge on any atom is -0.390 e. The Balaban J connectivity index is 2.17. The molecule has 0 aliphatic heterocycles. The maximum Gasteiger partial charge on any atom is 0.0791 e. The molecular weight excluding hydrogens is 214 g/mol. The van der Waals surface area contributed by atoms with Crippen molar-refractivity contribution < 1.29 is 5.11 Å². The van der Waals surface area contributed by atoms with Crippen molar-refractivity contribution in [1.29, 1.82) is 5.26 Å². The van der Waals surface area contributed by atoms with Crippen molar-refractivity contribution in [3.8, 4) is 6.07 Å². The summed E-state index contributed by atoms with van der Waals surface area (Å²) in [7, 11) is 0. The molecule has 1 rings (SSSR count). The molecule has 1 unspecified atom stereocenters. The second kappa shape index (κ2) is 7.65. The Morgan fingerprint density at radius 2 is 2.12 bits per heavy atom. The summed E-state index contributed by atoms with van der Waals surface area (Å²) in [5, 5.41) is 21.8. The zero-order valence-corrected chi connectivity index (χ0v) is 11.0. The van der Waals surface area contributed by atoms with Gasteiger partial charge in [0, 0.05) is 32.1 Å². The molecule has 17 heavy (non-hydrogen) atoms. The van der Waals surface area contributed by atoms with Gasteiger partial charge in [-0.1, -0.05) is 13.8 Å². The molecule has 0 aromatic carbocycles. The van der Waals surface area contributed by atoms with Crippen LogP contribution >= 0.6 is 0 Å². The number of rotatable bonds is 9. The number of nitrogens with zero attached hydrogens (tertiary/aromatic N) is 2. The predicted octanol–water partition coefficient (Wildman–Crippen LogP) is 0.971. The van der Waals surface area contributed by atoms with E-state index >= 15 is 0 Å². The van der Waals surface area contributed by atoms with E-state index < -0.39 is 0 Å². The van der Waals surface area contributed by atoms with Crippen LogP contribution in [0.15, 0.2) is 0 Å². The maximum atomic E-state index is 9.92. The van der Waals surface area contributed by atoms with Gasteiger partial charge in [0.2, 0.25) is 0 Å². The molecule has 0 spiro atoms. The second-order valence-electron chi connectivity index (χ2n) is 5.34. The van der Waals surface area contributed by atoms with E-state index in [1.807, 2.05) is 0 Å². The number of nitriles is 1. The summed E-state index contributed by atoms with van der Waals surface area (Å²) < 4.78 is 0. The summed E-state index contributed by atoms with van der Waals surface area (Å²) in [6.45, 7) is 7.39. The summed E-state index contributed by atoms with van der Waals surface area (Å²) in [4.78, 5) is 2.25. The maximum absolute atomic E-state index is 9.92. The van der Waals surface area contributed by atoms with Gasteiger partial charge in [-0.25, -0.2) is 0 Å². The number of hydrogen-bond acceptors (Lipinski definition) is 4. The molecule has 1 saturated carbocycles. The van der Waals surface area contributed by atoms with Gasteiger partial charge in [0.25, 0.3) is 0 Å². The van der Waals surface area contributed by atoms with Crippen LogP contribution in [0.4, 0.5) is 0 Å². The first-order valence-corrected chi connectivity index (χ1v) is 6.63. The van der Waals surface area contributed by atoms with Gasteiger partial charge in [0.05, 0.1) is 12.2 Å². The van der Waals surface area contributed by atoms with Gasteiger partial charge in [0.1, 0.15) is 0 Å². The summed E-state index contributed by atoms with van der Waals surface area (Å²) in [6, 6.07) is 2.79. The Morgan fingerprint density at radius 3 is 2.65 bits per heavy atom. The monoisotopic (exact) mass is 239 g/mol. The quantitative estimate of drug-likeness (QED) is 0.629. The lowest BCUT2D eigenvalue weighted by Crippen LogP contribution is -2.40. The van der Waals surface area contributed by atoms with E-state index in [1.54, 1.807) is 0 Å². The first-order chi connectivity index (χ1) is 8.13. The molecule has 2 N–H and O–H groups in total.